The van der Waals surface area contributed by atoms with Gasteiger partial charge in [0, 0.05) is 40.0 Å². The first-order valence-corrected chi connectivity index (χ1v) is 7.00. The van der Waals surface area contributed by atoms with Crippen LogP contribution in [0.25, 0.3) is 0 Å². The third-order valence-corrected chi connectivity index (χ3v) is 3.09. The van der Waals surface area contributed by atoms with Crippen LogP contribution >= 0.6 is 0 Å². The number of hydrogen-bond acceptors (Lipinski definition) is 4. The predicted octanol–water partition coefficient (Wildman–Crippen LogP) is 0.979. The lowest BCUT2D eigenvalue weighted by molar-refractivity contribution is 0.156. The van der Waals surface area contributed by atoms with Crippen molar-refractivity contribution in [1.82, 2.24) is 10.3 Å². The van der Waals surface area contributed by atoms with Gasteiger partial charge in [0.15, 0.2) is 0 Å². The van der Waals surface area contributed by atoms with Crippen molar-refractivity contribution in [3.8, 4) is 0 Å². The summed E-state index contributed by atoms with van der Waals surface area (Å²) >= 11 is 0. The molecule has 6 heteroatoms. The Balaban J connectivity index is 4.64. The van der Waals surface area contributed by atoms with E-state index >= 15 is 0 Å². The summed E-state index contributed by atoms with van der Waals surface area (Å²) in [5, 5.41) is 0. The molecule has 0 aromatic carbocycles. The SMILES string of the molecule is CCC(CC)N(CCOC)C(=NCCCOC)NN. The molecule has 0 aromatic heterocycles. The van der Waals surface area contributed by atoms with Gasteiger partial charge in [-0.2, -0.15) is 0 Å². The van der Waals surface area contributed by atoms with E-state index in [2.05, 4.69) is 29.2 Å². The van der Waals surface area contributed by atoms with Crippen molar-refractivity contribution < 1.29 is 9.47 Å². The van der Waals surface area contributed by atoms with E-state index < -0.39 is 0 Å². The first-order valence-electron chi connectivity index (χ1n) is 7.00. The van der Waals surface area contributed by atoms with E-state index in [1.807, 2.05) is 0 Å². The van der Waals surface area contributed by atoms with Crippen LogP contribution in [0.3, 0.4) is 0 Å². The summed E-state index contributed by atoms with van der Waals surface area (Å²) in [6.45, 7) is 7.22. The summed E-state index contributed by atoms with van der Waals surface area (Å²) in [4.78, 5) is 6.71. The highest BCUT2D eigenvalue weighted by Gasteiger charge is 2.18. The number of nitrogens with one attached hydrogen (secondary N) is 1. The molecule has 0 aliphatic rings. The van der Waals surface area contributed by atoms with Crippen molar-refractivity contribution in [2.45, 2.75) is 39.2 Å². The van der Waals surface area contributed by atoms with Crippen LogP contribution in [0.1, 0.15) is 33.1 Å². The van der Waals surface area contributed by atoms with Crippen molar-refractivity contribution >= 4 is 5.96 Å². The number of rotatable bonds is 10. The Bertz CT molecular complexity index is 233. The Hall–Kier alpha value is -0.850. The molecule has 0 radical (unpaired) electrons. The van der Waals surface area contributed by atoms with Crippen LogP contribution in [0.15, 0.2) is 4.99 Å². The normalized spacial score (nSPS) is 12.0. The number of hydrazine groups is 1. The highest BCUT2D eigenvalue weighted by Crippen LogP contribution is 2.08. The predicted molar refractivity (Wildman–Crippen MR) is 79.1 cm³/mol. The first kappa shape index (κ1) is 18.1. The second kappa shape index (κ2) is 12.2. The largest absolute Gasteiger partial charge is 0.385 e. The Labute approximate surface area is 117 Å². The fraction of sp³-hybridized carbons (Fsp3) is 0.923. The first-order chi connectivity index (χ1) is 9.24. The number of nitrogens with zero attached hydrogens (tertiary/aromatic N) is 2. The quantitative estimate of drug-likeness (QED) is 0.204. The molecule has 0 amide bonds. The topological polar surface area (TPSA) is 72.1 Å². The average molecular weight is 274 g/mol. The van der Waals surface area contributed by atoms with Gasteiger partial charge in [-0.15, -0.1) is 0 Å². The molecule has 19 heavy (non-hydrogen) atoms. The van der Waals surface area contributed by atoms with Gasteiger partial charge in [0.1, 0.15) is 0 Å². The molecule has 0 atom stereocenters. The van der Waals surface area contributed by atoms with E-state index in [0.29, 0.717) is 25.8 Å². The maximum atomic E-state index is 5.61. The van der Waals surface area contributed by atoms with E-state index in [1.165, 1.54) is 0 Å². The minimum Gasteiger partial charge on any atom is -0.385 e. The maximum absolute atomic E-state index is 5.61. The summed E-state index contributed by atoms with van der Waals surface area (Å²) in [6, 6.07) is 0.423. The molecule has 0 aromatic rings. The zero-order chi connectivity index (χ0) is 14.5. The minimum absolute atomic E-state index is 0.423. The fourth-order valence-electron chi connectivity index (χ4n) is 1.99. The van der Waals surface area contributed by atoms with Crippen LogP contribution in [-0.2, 0) is 9.47 Å². The van der Waals surface area contributed by atoms with Gasteiger partial charge in [-0.05, 0) is 19.3 Å². The molecule has 0 aliphatic carbocycles. The number of hydrogen-bond donors (Lipinski definition) is 2. The standard InChI is InChI=1S/C13H30N4O2/c1-5-12(6-2)17(9-11-19-4)13(16-14)15-8-7-10-18-3/h12H,5-11,14H2,1-4H3,(H,15,16). The van der Waals surface area contributed by atoms with Gasteiger partial charge in [-0.25, -0.2) is 5.84 Å². The summed E-state index contributed by atoms with van der Waals surface area (Å²) in [5.74, 6) is 6.35. The smallest absolute Gasteiger partial charge is 0.208 e. The van der Waals surface area contributed by atoms with Gasteiger partial charge in [0.25, 0.3) is 0 Å². The highest BCUT2D eigenvalue weighted by molar-refractivity contribution is 5.79. The lowest BCUT2D eigenvalue weighted by Crippen LogP contribution is -2.50. The van der Waals surface area contributed by atoms with Crippen LogP contribution in [0.2, 0.25) is 0 Å². The molecule has 114 valence electrons. The Morgan fingerprint density at radius 2 is 1.84 bits per heavy atom. The van der Waals surface area contributed by atoms with E-state index in [4.69, 9.17) is 15.3 Å². The summed E-state index contributed by atoms with van der Waals surface area (Å²) < 4.78 is 10.2. The second-order valence-electron chi connectivity index (χ2n) is 4.35. The highest BCUT2D eigenvalue weighted by atomic mass is 16.5. The van der Waals surface area contributed by atoms with Crippen LogP contribution in [0, 0.1) is 0 Å². The van der Waals surface area contributed by atoms with Crippen molar-refractivity contribution in [3.63, 3.8) is 0 Å². The van der Waals surface area contributed by atoms with Gasteiger partial charge in [0.2, 0.25) is 5.96 Å². The lowest BCUT2D eigenvalue weighted by Gasteiger charge is -2.32. The Kier molecular flexibility index (Phi) is 11.7. The zero-order valence-electron chi connectivity index (χ0n) is 12.8. The molecule has 0 saturated heterocycles. The van der Waals surface area contributed by atoms with Crippen molar-refractivity contribution in [3.05, 3.63) is 0 Å². The zero-order valence-corrected chi connectivity index (χ0v) is 12.8. The molecule has 0 heterocycles. The van der Waals surface area contributed by atoms with Crippen molar-refractivity contribution in [1.29, 1.82) is 0 Å². The molecule has 0 spiro atoms. The minimum atomic E-state index is 0.423. The van der Waals surface area contributed by atoms with Gasteiger partial charge in [-0.3, -0.25) is 10.4 Å². The number of aliphatic imine (C=N–C) groups is 1. The van der Waals surface area contributed by atoms with Crippen LogP contribution in [0.4, 0.5) is 0 Å². The number of methoxy groups -OCH3 is 2. The second-order valence-corrected chi connectivity index (χ2v) is 4.35. The molecule has 0 saturated carbocycles. The molecule has 0 rings (SSSR count). The van der Waals surface area contributed by atoms with Crippen LogP contribution in [-0.4, -0.2) is 57.4 Å². The Morgan fingerprint density at radius 3 is 2.32 bits per heavy atom. The van der Waals surface area contributed by atoms with Gasteiger partial charge >= 0.3 is 0 Å². The molecule has 0 unspecified atom stereocenters. The van der Waals surface area contributed by atoms with E-state index in [9.17, 15) is 0 Å². The van der Waals surface area contributed by atoms with Crippen molar-refractivity contribution in [2.75, 3.05) is 40.5 Å². The summed E-state index contributed by atoms with van der Waals surface area (Å²) in [5.41, 5.74) is 2.72. The van der Waals surface area contributed by atoms with E-state index in [0.717, 1.165) is 31.8 Å². The summed E-state index contributed by atoms with van der Waals surface area (Å²) in [7, 11) is 3.40. The monoisotopic (exact) mass is 274 g/mol. The molecule has 6 nitrogen and oxygen atoms in total. The van der Waals surface area contributed by atoms with Gasteiger partial charge in [0.05, 0.1) is 6.61 Å². The molecular formula is C13H30N4O2. The van der Waals surface area contributed by atoms with Gasteiger partial charge < -0.3 is 14.4 Å². The van der Waals surface area contributed by atoms with Gasteiger partial charge in [-0.1, -0.05) is 13.8 Å². The van der Waals surface area contributed by atoms with Crippen molar-refractivity contribution in [2.24, 2.45) is 10.8 Å². The molecule has 0 bridgehead atoms. The van der Waals surface area contributed by atoms with Crippen LogP contribution < -0.4 is 11.3 Å². The molecule has 0 fully saturated rings. The number of nitrogens with two attached hydrogens (primary N) is 1. The maximum Gasteiger partial charge on any atom is 0.208 e. The third-order valence-electron chi connectivity index (χ3n) is 3.09. The Morgan fingerprint density at radius 1 is 1.21 bits per heavy atom. The lowest BCUT2D eigenvalue weighted by atomic mass is 10.1. The molecular weight excluding hydrogens is 244 g/mol. The van der Waals surface area contributed by atoms with E-state index in [1.54, 1.807) is 14.2 Å². The molecule has 3 N–H and O–H groups in total. The van der Waals surface area contributed by atoms with E-state index in [-0.39, 0.29) is 0 Å². The fourth-order valence-corrected chi connectivity index (χ4v) is 1.99. The average Bonchev–Trinajstić information content (AvgIpc) is 2.44. The number of guanidine groups is 1. The number of ether oxygens (including phenoxy) is 2. The summed E-state index contributed by atoms with van der Waals surface area (Å²) in [6.07, 6.45) is 3.00. The molecule has 0 aliphatic heterocycles. The third kappa shape index (κ3) is 7.34. The van der Waals surface area contributed by atoms with Crippen LogP contribution in [0.5, 0.6) is 0 Å².